The zero-order chi connectivity index (χ0) is 22.2. The van der Waals surface area contributed by atoms with Crippen molar-refractivity contribution >= 4 is 26.6 Å². The predicted octanol–water partition coefficient (Wildman–Crippen LogP) is 2.36. The van der Waals surface area contributed by atoms with Crippen LogP contribution in [0.3, 0.4) is 0 Å². The Kier molecular flexibility index (Phi) is 6.23. The summed E-state index contributed by atoms with van der Waals surface area (Å²) in [6.45, 7) is 1.35. The second-order valence-corrected chi connectivity index (χ2v) is 10.4. The number of nitrogens with zero attached hydrogens (tertiary/aromatic N) is 3. The first kappa shape index (κ1) is 22.0. The molecular formula is C21H29N3O6S. The van der Waals surface area contributed by atoms with Gasteiger partial charge in [0.1, 0.15) is 16.7 Å². The molecule has 9 nitrogen and oxygen atoms in total. The van der Waals surface area contributed by atoms with Gasteiger partial charge in [-0.15, -0.1) is 0 Å². The van der Waals surface area contributed by atoms with E-state index in [0.29, 0.717) is 55.0 Å². The van der Waals surface area contributed by atoms with Crippen LogP contribution >= 0.6 is 0 Å². The zero-order valence-electron chi connectivity index (χ0n) is 18.1. The van der Waals surface area contributed by atoms with E-state index in [0.717, 1.165) is 12.8 Å². The quantitative estimate of drug-likeness (QED) is 0.568. The molecule has 1 aromatic heterocycles. The number of hydrogen-bond acceptors (Lipinski definition) is 7. The second kappa shape index (κ2) is 8.76. The van der Waals surface area contributed by atoms with Crippen molar-refractivity contribution < 1.29 is 27.5 Å². The van der Waals surface area contributed by atoms with Crippen LogP contribution in [0.25, 0.3) is 10.9 Å². The minimum Gasteiger partial charge on any atom is -0.495 e. The lowest BCUT2D eigenvalue weighted by Gasteiger charge is -2.28. The van der Waals surface area contributed by atoms with Crippen LogP contribution in [-0.4, -0.2) is 68.9 Å². The second-order valence-electron chi connectivity index (χ2n) is 8.19. The molecule has 31 heavy (non-hydrogen) atoms. The van der Waals surface area contributed by atoms with Gasteiger partial charge in [-0.2, -0.15) is 5.10 Å². The van der Waals surface area contributed by atoms with Gasteiger partial charge in [0.15, 0.2) is 9.84 Å². The molecule has 1 aliphatic carbocycles. The normalized spacial score (nSPS) is 18.8. The molecule has 0 spiro atoms. The molecule has 1 atom stereocenters. The summed E-state index contributed by atoms with van der Waals surface area (Å²) in [6.07, 6.45) is 5.15. The fourth-order valence-electron chi connectivity index (χ4n) is 4.23. The lowest BCUT2D eigenvalue weighted by Crippen LogP contribution is -2.36. The molecule has 1 saturated heterocycles. The summed E-state index contributed by atoms with van der Waals surface area (Å²) >= 11 is 0. The van der Waals surface area contributed by atoms with Crippen molar-refractivity contribution in [3.63, 3.8) is 0 Å². The van der Waals surface area contributed by atoms with E-state index in [2.05, 4.69) is 5.10 Å². The Balaban J connectivity index is 1.80. The fraction of sp³-hybridized carbons (Fsp3) is 0.619. The molecule has 0 N–H and O–H groups in total. The highest BCUT2D eigenvalue weighted by Crippen LogP contribution is 2.42. The Morgan fingerprint density at radius 3 is 2.58 bits per heavy atom. The zero-order valence-corrected chi connectivity index (χ0v) is 18.9. The van der Waals surface area contributed by atoms with Crippen molar-refractivity contribution in [2.24, 2.45) is 5.92 Å². The first-order valence-electron chi connectivity index (χ1n) is 10.6. The molecule has 2 aliphatic rings. The SMILES string of the molecule is COc1ccc2c(cnn2C(CC2CCOCC2)C(=O)N(C)OC)c1S(=O)(=O)C1CC1. The first-order valence-corrected chi connectivity index (χ1v) is 12.1. The summed E-state index contributed by atoms with van der Waals surface area (Å²) in [5.41, 5.74) is 0.593. The van der Waals surface area contributed by atoms with Gasteiger partial charge in [0.25, 0.3) is 5.91 Å². The highest BCUT2D eigenvalue weighted by molar-refractivity contribution is 7.92. The van der Waals surface area contributed by atoms with Gasteiger partial charge >= 0.3 is 0 Å². The highest BCUT2D eigenvalue weighted by atomic mass is 32.2. The van der Waals surface area contributed by atoms with Crippen LogP contribution in [-0.2, 0) is 24.2 Å². The van der Waals surface area contributed by atoms with E-state index in [1.807, 2.05) is 0 Å². The summed E-state index contributed by atoms with van der Waals surface area (Å²) in [5.74, 6) is 0.377. The Hall–Kier alpha value is -2.17. The van der Waals surface area contributed by atoms with E-state index < -0.39 is 15.9 Å². The molecule has 2 fully saturated rings. The first-order chi connectivity index (χ1) is 14.9. The molecule has 0 radical (unpaired) electrons. The molecule has 170 valence electrons. The molecule has 0 bridgehead atoms. The van der Waals surface area contributed by atoms with Crippen LogP contribution in [0.5, 0.6) is 5.75 Å². The number of fused-ring (bicyclic) bond motifs is 1. The molecule has 10 heteroatoms. The molecule has 2 aromatic rings. The van der Waals surface area contributed by atoms with Gasteiger partial charge in [-0.1, -0.05) is 0 Å². The molecule has 1 saturated carbocycles. The average Bonchev–Trinajstić information content (AvgIpc) is 3.57. The van der Waals surface area contributed by atoms with Gasteiger partial charge in [0, 0.05) is 25.6 Å². The van der Waals surface area contributed by atoms with Crippen LogP contribution in [0, 0.1) is 5.92 Å². The summed E-state index contributed by atoms with van der Waals surface area (Å²) < 4.78 is 38.8. The predicted molar refractivity (Wildman–Crippen MR) is 113 cm³/mol. The maximum absolute atomic E-state index is 13.2. The molecular weight excluding hydrogens is 422 g/mol. The number of hydroxylamine groups is 2. The largest absolute Gasteiger partial charge is 0.495 e. The van der Waals surface area contributed by atoms with E-state index in [9.17, 15) is 13.2 Å². The number of ether oxygens (including phenoxy) is 2. The smallest absolute Gasteiger partial charge is 0.270 e. The van der Waals surface area contributed by atoms with E-state index in [1.54, 1.807) is 23.9 Å². The van der Waals surface area contributed by atoms with Crippen LogP contribution < -0.4 is 4.74 Å². The fourth-order valence-corrected chi connectivity index (χ4v) is 6.21. The van der Waals surface area contributed by atoms with Gasteiger partial charge in [0.05, 0.1) is 31.2 Å². The number of carbonyl (C=O) groups excluding carboxylic acids is 1. The number of amides is 1. The summed E-state index contributed by atoms with van der Waals surface area (Å²) in [6, 6.07) is 2.80. The Labute approximate surface area is 182 Å². The van der Waals surface area contributed by atoms with Gasteiger partial charge < -0.3 is 9.47 Å². The van der Waals surface area contributed by atoms with Crippen LogP contribution in [0.4, 0.5) is 0 Å². The van der Waals surface area contributed by atoms with Gasteiger partial charge in [-0.3, -0.25) is 14.3 Å². The van der Waals surface area contributed by atoms with E-state index in [-0.39, 0.29) is 16.1 Å². The van der Waals surface area contributed by atoms with Crippen molar-refractivity contribution in [3.8, 4) is 5.75 Å². The van der Waals surface area contributed by atoms with Gasteiger partial charge in [-0.05, 0) is 50.2 Å². The molecule has 1 unspecified atom stereocenters. The summed E-state index contributed by atoms with van der Waals surface area (Å²) in [7, 11) is 0.937. The Bertz CT molecular complexity index is 1060. The third kappa shape index (κ3) is 4.16. The number of aromatic nitrogens is 2. The number of rotatable bonds is 8. The maximum Gasteiger partial charge on any atom is 0.270 e. The number of carbonyl (C=O) groups is 1. The number of hydrogen-bond donors (Lipinski definition) is 0. The lowest BCUT2D eigenvalue weighted by atomic mass is 9.92. The van der Waals surface area contributed by atoms with Crippen molar-refractivity contribution in [2.45, 2.75) is 48.3 Å². The number of benzene rings is 1. The van der Waals surface area contributed by atoms with E-state index >= 15 is 0 Å². The monoisotopic (exact) mass is 451 g/mol. The van der Waals surface area contributed by atoms with E-state index in [1.165, 1.54) is 25.5 Å². The van der Waals surface area contributed by atoms with Crippen molar-refractivity contribution in [1.29, 1.82) is 0 Å². The van der Waals surface area contributed by atoms with Crippen molar-refractivity contribution in [2.75, 3.05) is 34.5 Å². The molecule has 2 heterocycles. The summed E-state index contributed by atoms with van der Waals surface area (Å²) in [5, 5.41) is 5.79. The molecule has 1 aliphatic heterocycles. The van der Waals surface area contributed by atoms with Crippen LogP contribution in [0.15, 0.2) is 23.2 Å². The van der Waals surface area contributed by atoms with Crippen molar-refractivity contribution in [3.05, 3.63) is 18.3 Å². The molecule has 1 aromatic carbocycles. The summed E-state index contributed by atoms with van der Waals surface area (Å²) in [4.78, 5) is 18.5. The van der Waals surface area contributed by atoms with Crippen LogP contribution in [0.2, 0.25) is 0 Å². The number of methoxy groups -OCH3 is 1. The minimum atomic E-state index is -3.53. The maximum atomic E-state index is 13.2. The number of likely N-dealkylation sites (N-methyl/N-ethyl adjacent to an activating group) is 1. The van der Waals surface area contributed by atoms with E-state index in [4.69, 9.17) is 14.3 Å². The Morgan fingerprint density at radius 1 is 1.26 bits per heavy atom. The standard InChI is InChI=1S/C21H29N3O6S/c1-23(29-3)21(25)18(12-14-8-10-30-11-9-14)24-17-6-7-19(28-2)20(16(17)13-22-24)31(26,27)15-4-5-15/h6-7,13-15,18H,4-5,8-12H2,1-3H3. The third-order valence-electron chi connectivity index (χ3n) is 6.22. The lowest BCUT2D eigenvalue weighted by molar-refractivity contribution is -0.173. The number of sulfone groups is 1. The van der Waals surface area contributed by atoms with Crippen LogP contribution in [0.1, 0.15) is 38.1 Å². The topological polar surface area (TPSA) is 100.0 Å². The Morgan fingerprint density at radius 2 is 1.97 bits per heavy atom. The highest BCUT2D eigenvalue weighted by Gasteiger charge is 2.40. The third-order valence-corrected chi connectivity index (χ3v) is 8.56. The van der Waals surface area contributed by atoms with Crippen molar-refractivity contribution in [1.82, 2.24) is 14.8 Å². The minimum absolute atomic E-state index is 0.165. The van der Waals surface area contributed by atoms with Gasteiger partial charge in [-0.25, -0.2) is 13.5 Å². The average molecular weight is 452 g/mol. The molecule has 4 rings (SSSR count). The molecule has 1 amide bonds. The van der Waals surface area contributed by atoms with Gasteiger partial charge in [0.2, 0.25) is 0 Å².